The van der Waals surface area contributed by atoms with Crippen LogP contribution >= 0.6 is 0 Å². The van der Waals surface area contributed by atoms with E-state index in [1.165, 1.54) is 6.42 Å². The van der Waals surface area contributed by atoms with Gasteiger partial charge in [0.2, 0.25) is 5.91 Å². The number of rotatable bonds is 6. The molecule has 0 bridgehead atoms. The van der Waals surface area contributed by atoms with Gasteiger partial charge in [0.15, 0.2) is 0 Å². The molecular weight excluding hydrogens is 268 g/mol. The lowest BCUT2D eigenvalue weighted by Crippen LogP contribution is -2.52. The summed E-state index contributed by atoms with van der Waals surface area (Å²) in [5.74, 6) is 0.658. The van der Waals surface area contributed by atoms with Crippen molar-refractivity contribution in [2.75, 3.05) is 25.6 Å². The molecule has 0 radical (unpaired) electrons. The first kappa shape index (κ1) is 15.8. The zero-order chi connectivity index (χ0) is 15.1. The second kappa shape index (κ2) is 7.43. The van der Waals surface area contributed by atoms with Gasteiger partial charge in [-0.25, -0.2) is 0 Å². The van der Waals surface area contributed by atoms with Crippen molar-refractivity contribution in [3.05, 3.63) is 24.3 Å². The van der Waals surface area contributed by atoms with Crippen LogP contribution in [0.15, 0.2) is 24.3 Å². The molecule has 0 spiro atoms. The van der Waals surface area contributed by atoms with Crippen LogP contribution in [0.1, 0.15) is 32.1 Å². The van der Waals surface area contributed by atoms with Gasteiger partial charge in [-0.05, 0) is 37.1 Å². The molecule has 1 aromatic carbocycles. The van der Waals surface area contributed by atoms with Crippen LogP contribution in [-0.4, -0.2) is 36.8 Å². The van der Waals surface area contributed by atoms with Gasteiger partial charge < -0.3 is 20.5 Å². The van der Waals surface area contributed by atoms with Gasteiger partial charge in [0.1, 0.15) is 5.75 Å². The topological polar surface area (TPSA) is 70.6 Å². The van der Waals surface area contributed by atoms with Crippen molar-refractivity contribution in [1.29, 1.82) is 0 Å². The monoisotopic (exact) mass is 292 g/mol. The zero-order valence-electron chi connectivity index (χ0n) is 12.5. The van der Waals surface area contributed by atoms with Crippen LogP contribution < -0.4 is 15.4 Å². The third kappa shape index (κ3) is 4.44. The van der Waals surface area contributed by atoms with Crippen LogP contribution in [-0.2, 0) is 4.79 Å². The maximum Gasteiger partial charge on any atom is 0.238 e. The van der Waals surface area contributed by atoms with E-state index >= 15 is 0 Å². The van der Waals surface area contributed by atoms with E-state index in [2.05, 4.69) is 10.6 Å². The number of amides is 1. The largest absolute Gasteiger partial charge is 0.497 e. The maximum atomic E-state index is 12.0. The van der Waals surface area contributed by atoms with Gasteiger partial charge in [-0.15, -0.1) is 0 Å². The van der Waals surface area contributed by atoms with Gasteiger partial charge in [-0.3, -0.25) is 4.79 Å². The molecule has 21 heavy (non-hydrogen) atoms. The number of carbonyl (C=O) groups excluding carboxylic acids is 1. The molecule has 0 aliphatic heterocycles. The summed E-state index contributed by atoms with van der Waals surface area (Å²) in [6.45, 7) is 0.301. The number of nitrogens with one attached hydrogen (secondary N) is 2. The van der Waals surface area contributed by atoms with Crippen molar-refractivity contribution in [3.8, 4) is 5.75 Å². The predicted octanol–water partition coefficient (Wildman–Crippen LogP) is 1.92. The molecule has 5 nitrogen and oxygen atoms in total. The SMILES string of the molecule is COc1ccc(NC(=O)CNC2(CO)CCCCC2)cc1. The summed E-state index contributed by atoms with van der Waals surface area (Å²) in [5.41, 5.74) is 0.458. The minimum atomic E-state index is -0.282. The number of aliphatic hydroxyl groups is 1. The number of carbonyl (C=O) groups is 1. The standard InChI is InChI=1S/C16H24N2O3/c1-21-14-7-5-13(6-8-14)18-15(20)11-17-16(12-19)9-3-2-4-10-16/h5-8,17,19H,2-4,9-12H2,1H3,(H,18,20). The van der Waals surface area contributed by atoms with Gasteiger partial charge in [-0.2, -0.15) is 0 Å². The first-order chi connectivity index (χ1) is 10.2. The molecule has 5 heteroatoms. The Labute approximate surface area is 125 Å². The lowest BCUT2D eigenvalue weighted by atomic mass is 9.82. The highest BCUT2D eigenvalue weighted by molar-refractivity contribution is 5.92. The van der Waals surface area contributed by atoms with Gasteiger partial charge in [0.25, 0.3) is 0 Å². The van der Waals surface area contributed by atoms with Gasteiger partial charge in [-0.1, -0.05) is 19.3 Å². The molecule has 1 aliphatic rings. The predicted molar refractivity (Wildman–Crippen MR) is 82.5 cm³/mol. The fourth-order valence-corrected chi connectivity index (χ4v) is 2.77. The molecule has 1 saturated carbocycles. The van der Waals surface area contributed by atoms with Crippen molar-refractivity contribution in [3.63, 3.8) is 0 Å². The molecule has 0 atom stereocenters. The molecule has 1 aliphatic carbocycles. The minimum absolute atomic E-state index is 0.0861. The minimum Gasteiger partial charge on any atom is -0.497 e. The number of hydrogen-bond acceptors (Lipinski definition) is 4. The van der Waals surface area contributed by atoms with Crippen LogP contribution in [0.5, 0.6) is 5.75 Å². The van der Waals surface area contributed by atoms with E-state index in [9.17, 15) is 9.90 Å². The fourth-order valence-electron chi connectivity index (χ4n) is 2.77. The molecular formula is C16H24N2O3. The first-order valence-electron chi connectivity index (χ1n) is 7.47. The van der Waals surface area contributed by atoms with Crippen molar-refractivity contribution in [1.82, 2.24) is 5.32 Å². The fraction of sp³-hybridized carbons (Fsp3) is 0.562. The maximum absolute atomic E-state index is 12.0. The highest BCUT2D eigenvalue weighted by Gasteiger charge is 2.31. The zero-order valence-corrected chi connectivity index (χ0v) is 12.5. The van der Waals surface area contributed by atoms with E-state index in [-0.39, 0.29) is 24.6 Å². The van der Waals surface area contributed by atoms with Crippen molar-refractivity contribution >= 4 is 11.6 Å². The molecule has 0 heterocycles. The third-order valence-electron chi connectivity index (χ3n) is 4.11. The Hall–Kier alpha value is -1.59. The van der Waals surface area contributed by atoms with E-state index in [0.29, 0.717) is 0 Å². The summed E-state index contributed by atoms with van der Waals surface area (Å²) < 4.78 is 5.08. The van der Waals surface area contributed by atoms with E-state index in [1.807, 2.05) is 0 Å². The molecule has 3 N–H and O–H groups in total. The van der Waals surface area contributed by atoms with Crippen molar-refractivity contribution < 1.29 is 14.6 Å². The lowest BCUT2D eigenvalue weighted by molar-refractivity contribution is -0.116. The molecule has 0 aromatic heterocycles. The van der Waals surface area contributed by atoms with E-state index in [1.54, 1.807) is 31.4 Å². The molecule has 1 aromatic rings. The summed E-state index contributed by atoms with van der Waals surface area (Å²) >= 11 is 0. The van der Waals surface area contributed by atoms with E-state index in [4.69, 9.17) is 4.74 Å². The van der Waals surface area contributed by atoms with E-state index in [0.717, 1.165) is 37.1 Å². The molecule has 116 valence electrons. The van der Waals surface area contributed by atoms with Gasteiger partial charge in [0.05, 0.1) is 20.3 Å². The van der Waals surface area contributed by atoms with Crippen LogP contribution in [0.4, 0.5) is 5.69 Å². The molecule has 1 amide bonds. The van der Waals surface area contributed by atoms with Crippen LogP contribution in [0.2, 0.25) is 0 Å². The second-order valence-electron chi connectivity index (χ2n) is 5.63. The molecule has 1 fully saturated rings. The summed E-state index contributed by atoms with van der Waals surface area (Å²) in [6.07, 6.45) is 5.28. The number of ether oxygens (including phenoxy) is 1. The number of benzene rings is 1. The Kier molecular flexibility index (Phi) is 5.59. The molecule has 0 saturated heterocycles. The Bertz CT molecular complexity index is 453. The smallest absolute Gasteiger partial charge is 0.238 e. The Morgan fingerprint density at radius 3 is 2.48 bits per heavy atom. The average Bonchev–Trinajstić information content (AvgIpc) is 2.54. The third-order valence-corrected chi connectivity index (χ3v) is 4.11. The normalized spacial score (nSPS) is 17.2. The summed E-state index contributed by atoms with van der Waals surface area (Å²) in [7, 11) is 1.61. The Balaban J connectivity index is 1.83. The first-order valence-corrected chi connectivity index (χ1v) is 7.47. The summed E-state index contributed by atoms with van der Waals surface area (Å²) in [4.78, 5) is 12.0. The average molecular weight is 292 g/mol. The molecule has 0 unspecified atom stereocenters. The number of hydrogen-bond donors (Lipinski definition) is 3. The number of aliphatic hydroxyl groups excluding tert-OH is 1. The Morgan fingerprint density at radius 2 is 1.90 bits per heavy atom. The summed E-state index contributed by atoms with van der Waals surface area (Å²) in [6, 6.07) is 7.22. The van der Waals surface area contributed by atoms with Crippen molar-refractivity contribution in [2.24, 2.45) is 0 Å². The quantitative estimate of drug-likeness (QED) is 0.749. The van der Waals surface area contributed by atoms with Crippen molar-refractivity contribution in [2.45, 2.75) is 37.6 Å². The van der Waals surface area contributed by atoms with Crippen LogP contribution in [0, 0.1) is 0 Å². The lowest BCUT2D eigenvalue weighted by Gasteiger charge is -2.36. The second-order valence-corrected chi connectivity index (χ2v) is 5.63. The molecule has 2 rings (SSSR count). The van der Waals surface area contributed by atoms with Gasteiger partial charge >= 0.3 is 0 Å². The van der Waals surface area contributed by atoms with Gasteiger partial charge in [0, 0.05) is 11.2 Å². The highest BCUT2D eigenvalue weighted by Crippen LogP contribution is 2.27. The number of methoxy groups -OCH3 is 1. The van der Waals surface area contributed by atoms with Crippen LogP contribution in [0.3, 0.4) is 0 Å². The van der Waals surface area contributed by atoms with Crippen LogP contribution in [0.25, 0.3) is 0 Å². The Morgan fingerprint density at radius 1 is 1.24 bits per heavy atom. The number of anilines is 1. The summed E-state index contributed by atoms with van der Waals surface area (Å²) in [5, 5.41) is 15.7. The highest BCUT2D eigenvalue weighted by atomic mass is 16.5. The van der Waals surface area contributed by atoms with E-state index < -0.39 is 0 Å².